The van der Waals surface area contributed by atoms with E-state index < -0.39 is 22.0 Å². The summed E-state index contributed by atoms with van der Waals surface area (Å²) in [4.78, 5) is 23.2. The van der Waals surface area contributed by atoms with Crippen LogP contribution in [0.15, 0.2) is 40.5 Å². The average molecular weight is 513 g/mol. The molecule has 1 amide bonds. The average Bonchev–Trinajstić information content (AvgIpc) is 3.26. The van der Waals surface area contributed by atoms with Gasteiger partial charge >= 0.3 is 0 Å². The van der Waals surface area contributed by atoms with Gasteiger partial charge in [-0.3, -0.25) is 10.1 Å². The van der Waals surface area contributed by atoms with Crippen LogP contribution in [-0.2, 0) is 35.7 Å². The van der Waals surface area contributed by atoms with Crippen molar-refractivity contribution in [2.24, 2.45) is 5.16 Å². The molecule has 0 bridgehead atoms. The zero-order chi connectivity index (χ0) is 24.6. The zero-order valence-electron chi connectivity index (χ0n) is 18.9. The fraction of sp³-hybridized carbons (Fsp3) is 0.476. The Hall–Kier alpha value is -2.42. The second-order valence-corrected chi connectivity index (χ2v) is 10.4. The van der Waals surface area contributed by atoms with Crippen molar-refractivity contribution in [3.63, 3.8) is 0 Å². The Labute approximate surface area is 202 Å². The third kappa shape index (κ3) is 7.29. The molecule has 1 atom stereocenters. The number of aromatic nitrogens is 1. The summed E-state index contributed by atoms with van der Waals surface area (Å²) in [5.74, 6) is -0.598. The van der Waals surface area contributed by atoms with Crippen molar-refractivity contribution in [3.8, 4) is 0 Å². The van der Waals surface area contributed by atoms with Crippen molar-refractivity contribution in [1.82, 2.24) is 9.71 Å². The summed E-state index contributed by atoms with van der Waals surface area (Å²) in [5.41, 5.74) is 0.242. The number of anilines is 1. The Morgan fingerprint density at radius 1 is 1.32 bits per heavy atom. The van der Waals surface area contributed by atoms with Gasteiger partial charge in [0.25, 0.3) is 5.91 Å². The topological polar surface area (TPSA) is 148 Å². The van der Waals surface area contributed by atoms with Crippen LogP contribution in [0.5, 0.6) is 0 Å². The SMILES string of the molecule is COCc1cnc(NC(=O)C(=NO[C@H](C)CO)c2ccc(S(=O)(=O)NC3CCOCC3)cc2)s1. The van der Waals surface area contributed by atoms with Crippen LogP contribution in [-0.4, -0.2) is 69.2 Å². The van der Waals surface area contributed by atoms with Gasteiger partial charge in [0.15, 0.2) is 10.8 Å². The Morgan fingerprint density at radius 3 is 2.68 bits per heavy atom. The Balaban J connectivity index is 1.79. The van der Waals surface area contributed by atoms with E-state index in [-0.39, 0.29) is 23.3 Å². The summed E-state index contributed by atoms with van der Waals surface area (Å²) >= 11 is 1.25. The summed E-state index contributed by atoms with van der Waals surface area (Å²) in [6.07, 6.45) is 2.17. The molecule has 1 aliphatic rings. The van der Waals surface area contributed by atoms with Crippen molar-refractivity contribution in [1.29, 1.82) is 0 Å². The van der Waals surface area contributed by atoms with Gasteiger partial charge in [-0.05, 0) is 31.9 Å². The number of amides is 1. The number of thiazole rings is 1. The molecule has 11 nitrogen and oxygen atoms in total. The predicted molar refractivity (Wildman–Crippen MR) is 126 cm³/mol. The fourth-order valence-corrected chi connectivity index (χ4v) is 5.11. The highest BCUT2D eigenvalue weighted by molar-refractivity contribution is 7.89. The Bertz CT molecular complexity index is 1080. The van der Waals surface area contributed by atoms with E-state index in [0.29, 0.717) is 43.4 Å². The highest BCUT2D eigenvalue weighted by Gasteiger charge is 2.23. The van der Waals surface area contributed by atoms with Crippen LogP contribution < -0.4 is 10.0 Å². The second kappa shape index (κ2) is 12.3. The molecular formula is C21H28N4O7S2. The number of oxime groups is 1. The van der Waals surface area contributed by atoms with E-state index in [0.717, 1.165) is 4.88 Å². The maximum absolute atomic E-state index is 12.9. The van der Waals surface area contributed by atoms with Crippen molar-refractivity contribution in [3.05, 3.63) is 40.9 Å². The number of hydrogen-bond acceptors (Lipinski definition) is 10. The highest BCUT2D eigenvalue weighted by Crippen LogP contribution is 2.20. The number of aliphatic hydroxyl groups is 1. The van der Waals surface area contributed by atoms with Gasteiger partial charge in [0, 0.05) is 38.1 Å². The number of benzene rings is 1. The number of hydrogen-bond donors (Lipinski definition) is 3. The van der Waals surface area contributed by atoms with Crippen LogP contribution in [0.1, 0.15) is 30.2 Å². The van der Waals surface area contributed by atoms with Crippen molar-refractivity contribution < 1.29 is 32.6 Å². The Morgan fingerprint density at radius 2 is 2.03 bits per heavy atom. The van der Waals surface area contributed by atoms with E-state index in [1.165, 1.54) is 35.6 Å². The van der Waals surface area contributed by atoms with E-state index in [9.17, 15) is 18.3 Å². The van der Waals surface area contributed by atoms with E-state index in [4.69, 9.17) is 14.3 Å². The number of nitrogens with one attached hydrogen (secondary N) is 2. The minimum atomic E-state index is -3.73. The number of carbonyl (C=O) groups is 1. The lowest BCUT2D eigenvalue weighted by Crippen LogP contribution is -2.38. The second-order valence-electron chi connectivity index (χ2n) is 7.59. The van der Waals surface area contributed by atoms with E-state index in [1.807, 2.05) is 0 Å². The first-order chi connectivity index (χ1) is 16.3. The third-order valence-corrected chi connectivity index (χ3v) is 7.26. The Kier molecular flexibility index (Phi) is 9.50. The molecule has 3 rings (SSSR count). The number of nitrogens with zero attached hydrogens (tertiary/aromatic N) is 2. The monoisotopic (exact) mass is 512 g/mol. The summed E-state index contributed by atoms with van der Waals surface area (Å²) in [6, 6.07) is 5.56. The van der Waals surface area contributed by atoms with Crippen LogP contribution in [0.25, 0.3) is 0 Å². The lowest BCUT2D eigenvalue weighted by Gasteiger charge is -2.23. The van der Waals surface area contributed by atoms with Crippen LogP contribution in [0, 0.1) is 0 Å². The van der Waals surface area contributed by atoms with Crippen molar-refractivity contribution >= 4 is 38.1 Å². The smallest absolute Gasteiger partial charge is 0.280 e. The summed E-state index contributed by atoms with van der Waals surface area (Å²) in [6.45, 7) is 2.69. The van der Waals surface area contributed by atoms with Gasteiger partial charge in [0.05, 0.1) is 23.0 Å². The summed E-state index contributed by atoms with van der Waals surface area (Å²) < 4.78 is 38.5. The fourth-order valence-electron chi connectivity index (χ4n) is 3.03. The molecule has 3 N–H and O–H groups in total. The zero-order valence-corrected chi connectivity index (χ0v) is 20.5. The summed E-state index contributed by atoms with van der Waals surface area (Å²) in [7, 11) is -2.17. The molecule has 186 valence electrons. The highest BCUT2D eigenvalue weighted by atomic mass is 32.2. The molecule has 0 spiro atoms. The molecule has 1 fully saturated rings. The van der Waals surface area contributed by atoms with Crippen molar-refractivity contribution in [2.45, 2.75) is 43.4 Å². The molecule has 2 heterocycles. The number of carbonyl (C=O) groups excluding carboxylic acids is 1. The van der Waals surface area contributed by atoms with Crippen molar-refractivity contribution in [2.75, 3.05) is 32.2 Å². The number of ether oxygens (including phenoxy) is 2. The minimum absolute atomic E-state index is 0.0660. The molecule has 1 aliphatic heterocycles. The van der Waals surface area contributed by atoms with Gasteiger partial charge in [-0.1, -0.05) is 28.6 Å². The molecule has 0 unspecified atom stereocenters. The van der Waals surface area contributed by atoms with Crippen LogP contribution >= 0.6 is 11.3 Å². The van der Waals surface area contributed by atoms with E-state index in [1.54, 1.807) is 20.2 Å². The largest absolute Gasteiger partial charge is 0.392 e. The molecular weight excluding hydrogens is 484 g/mol. The van der Waals surface area contributed by atoms with Crippen LogP contribution in [0.4, 0.5) is 5.13 Å². The van der Waals surface area contributed by atoms with Crippen LogP contribution in [0.2, 0.25) is 0 Å². The number of methoxy groups -OCH3 is 1. The molecule has 0 radical (unpaired) electrons. The first-order valence-corrected chi connectivity index (χ1v) is 12.9. The van der Waals surface area contributed by atoms with Gasteiger partial charge in [0.2, 0.25) is 10.0 Å². The maximum atomic E-state index is 12.9. The molecule has 1 aromatic heterocycles. The third-order valence-electron chi connectivity index (χ3n) is 4.84. The molecule has 1 saturated heterocycles. The first-order valence-electron chi connectivity index (χ1n) is 10.6. The minimum Gasteiger partial charge on any atom is -0.392 e. The van der Waals surface area contributed by atoms with Crippen LogP contribution in [0.3, 0.4) is 0 Å². The molecule has 0 saturated carbocycles. The standard InChI is InChI=1S/C21H28N4O7S2/c1-14(12-26)32-24-19(20(27)23-21-22-11-17(33-21)13-30-2)15-3-5-18(6-4-15)34(28,29)25-16-7-9-31-10-8-16/h3-6,11,14,16,25-26H,7-10,12-13H2,1-2H3,(H,22,23,27)/t14-/m1/s1. The molecule has 1 aromatic carbocycles. The lowest BCUT2D eigenvalue weighted by atomic mass is 10.1. The predicted octanol–water partition coefficient (Wildman–Crippen LogP) is 1.49. The molecule has 13 heteroatoms. The van der Waals surface area contributed by atoms with Gasteiger partial charge < -0.3 is 19.4 Å². The maximum Gasteiger partial charge on any atom is 0.280 e. The van der Waals surface area contributed by atoms with Gasteiger partial charge in [-0.2, -0.15) is 0 Å². The number of rotatable bonds is 11. The quantitative estimate of drug-likeness (QED) is 0.303. The first kappa shape index (κ1) is 26.2. The van der Waals surface area contributed by atoms with Gasteiger partial charge in [-0.25, -0.2) is 18.1 Å². The van der Waals surface area contributed by atoms with Gasteiger partial charge in [0.1, 0.15) is 6.10 Å². The van der Waals surface area contributed by atoms with E-state index >= 15 is 0 Å². The molecule has 2 aromatic rings. The number of aliphatic hydroxyl groups excluding tert-OH is 1. The molecule has 0 aliphatic carbocycles. The normalized spacial score (nSPS) is 16.3. The number of sulfonamides is 1. The van der Waals surface area contributed by atoms with Gasteiger partial charge in [-0.15, -0.1) is 0 Å². The molecule has 34 heavy (non-hydrogen) atoms. The summed E-state index contributed by atoms with van der Waals surface area (Å²) in [5, 5.41) is 16.1. The van der Waals surface area contributed by atoms with E-state index in [2.05, 4.69) is 20.2 Å². The lowest BCUT2D eigenvalue weighted by molar-refractivity contribution is -0.110.